The molecule has 0 unspecified atom stereocenters. The number of hydrogen-bond donors (Lipinski definition) is 1. The van der Waals surface area contributed by atoms with Crippen molar-refractivity contribution < 1.29 is 9.50 Å². The van der Waals surface area contributed by atoms with E-state index in [-0.39, 0.29) is 5.82 Å². The highest BCUT2D eigenvalue weighted by Crippen LogP contribution is 2.30. The van der Waals surface area contributed by atoms with E-state index in [1.54, 1.807) is 0 Å². The van der Waals surface area contributed by atoms with Gasteiger partial charge in [-0.2, -0.15) is 0 Å². The van der Waals surface area contributed by atoms with Crippen molar-refractivity contribution in [2.75, 3.05) is 19.8 Å². The third kappa shape index (κ3) is 3.60. The molecular weight excluding hydrogens is 317 g/mol. The summed E-state index contributed by atoms with van der Waals surface area (Å²) in [6, 6.07) is 7.20. The quantitative estimate of drug-likeness (QED) is 0.904. The van der Waals surface area contributed by atoms with E-state index in [1.807, 2.05) is 24.5 Å². The van der Waals surface area contributed by atoms with Crippen LogP contribution in [0.1, 0.15) is 37.7 Å². The van der Waals surface area contributed by atoms with Crippen molar-refractivity contribution in [1.29, 1.82) is 0 Å². The average Bonchev–Trinajstić information content (AvgIpc) is 2.65. The van der Waals surface area contributed by atoms with Crippen LogP contribution in [0.2, 0.25) is 0 Å². The standard InChI is InChI=1S/C20H26FN3O/c21-17-8-6-16(7-9-17)12-22-10-11-23-15-24(14-20(25)19(23)13-22)18-4-2-1-3-5-18/h6-9,13-14,18,25H,1-5,10-12,15H2. The number of halogens is 1. The van der Waals surface area contributed by atoms with Crippen LogP contribution in [-0.4, -0.2) is 45.6 Å². The van der Waals surface area contributed by atoms with Gasteiger partial charge < -0.3 is 19.8 Å². The Hall–Kier alpha value is -2.17. The molecule has 2 heterocycles. The molecule has 3 aliphatic rings. The van der Waals surface area contributed by atoms with Crippen molar-refractivity contribution in [3.05, 3.63) is 59.5 Å². The lowest BCUT2D eigenvalue weighted by Gasteiger charge is -2.45. The van der Waals surface area contributed by atoms with Gasteiger partial charge in [-0.1, -0.05) is 31.4 Å². The maximum Gasteiger partial charge on any atom is 0.156 e. The number of hydrogen-bond acceptors (Lipinski definition) is 4. The SMILES string of the molecule is OC1=CN(C2CCCCC2)CN2CCN(Cc3ccc(F)cc3)C=C12. The van der Waals surface area contributed by atoms with Crippen molar-refractivity contribution in [2.24, 2.45) is 0 Å². The highest BCUT2D eigenvalue weighted by molar-refractivity contribution is 5.28. The monoisotopic (exact) mass is 343 g/mol. The molecule has 1 fully saturated rings. The van der Waals surface area contributed by atoms with Gasteiger partial charge in [-0.05, 0) is 30.5 Å². The first-order chi connectivity index (χ1) is 12.2. The van der Waals surface area contributed by atoms with E-state index >= 15 is 0 Å². The maximum absolute atomic E-state index is 13.1. The molecule has 0 aromatic heterocycles. The van der Waals surface area contributed by atoms with E-state index in [0.717, 1.165) is 37.6 Å². The number of aliphatic hydroxyl groups excluding tert-OH is 1. The first kappa shape index (κ1) is 16.3. The molecule has 1 aromatic carbocycles. The Bertz CT molecular complexity index is 664. The molecule has 0 bridgehead atoms. The Morgan fingerprint density at radius 3 is 2.52 bits per heavy atom. The lowest BCUT2D eigenvalue weighted by Crippen LogP contribution is -2.49. The molecule has 1 aliphatic carbocycles. The molecule has 0 radical (unpaired) electrons. The minimum Gasteiger partial charge on any atom is -0.504 e. The Morgan fingerprint density at radius 2 is 1.76 bits per heavy atom. The predicted octanol–water partition coefficient (Wildman–Crippen LogP) is 3.79. The summed E-state index contributed by atoms with van der Waals surface area (Å²) < 4.78 is 13.1. The molecule has 4 nitrogen and oxygen atoms in total. The fraction of sp³-hybridized carbons (Fsp3) is 0.500. The first-order valence-electron chi connectivity index (χ1n) is 9.31. The number of fused-ring (bicyclic) bond motifs is 1. The highest BCUT2D eigenvalue weighted by atomic mass is 19.1. The molecular formula is C20H26FN3O. The van der Waals surface area contributed by atoms with Gasteiger partial charge in [0.05, 0.1) is 12.4 Å². The van der Waals surface area contributed by atoms with Crippen molar-refractivity contribution >= 4 is 0 Å². The average molecular weight is 343 g/mol. The van der Waals surface area contributed by atoms with E-state index in [9.17, 15) is 9.50 Å². The van der Waals surface area contributed by atoms with E-state index in [0.29, 0.717) is 11.8 Å². The normalized spacial score (nSPS) is 21.7. The van der Waals surface area contributed by atoms with Gasteiger partial charge in [0, 0.05) is 38.1 Å². The van der Waals surface area contributed by atoms with Crippen LogP contribution in [0.3, 0.4) is 0 Å². The van der Waals surface area contributed by atoms with Crippen LogP contribution in [0.5, 0.6) is 0 Å². The zero-order valence-corrected chi connectivity index (χ0v) is 14.6. The zero-order chi connectivity index (χ0) is 17.2. The third-order valence-corrected chi connectivity index (χ3v) is 5.53. The Labute approximate surface area is 148 Å². The van der Waals surface area contributed by atoms with Crippen molar-refractivity contribution in [2.45, 2.75) is 44.7 Å². The number of aliphatic hydroxyl groups is 1. The van der Waals surface area contributed by atoms with Crippen molar-refractivity contribution in [3.63, 3.8) is 0 Å². The Balaban J connectivity index is 1.47. The van der Waals surface area contributed by atoms with Crippen LogP contribution in [0, 0.1) is 5.82 Å². The van der Waals surface area contributed by atoms with E-state index < -0.39 is 0 Å². The van der Waals surface area contributed by atoms with Gasteiger partial charge in [0.15, 0.2) is 5.76 Å². The van der Waals surface area contributed by atoms with Crippen LogP contribution in [0.4, 0.5) is 4.39 Å². The molecule has 134 valence electrons. The summed E-state index contributed by atoms with van der Waals surface area (Å²) in [5.41, 5.74) is 1.98. The summed E-state index contributed by atoms with van der Waals surface area (Å²) in [5.74, 6) is 0.156. The summed E-state index contributed by atoms with van der Waals surface area (Å²) in [4.78, 5) is 6.78. The molecule has 1 aromatic rings. The Morgan fingerprint density at radius 1 is 1.00 bits per heavy atom. The van der Waals surface area contributed by atoms with Gasteiger partial charge in [0.2, 0.25) is 0 Å². The van der Waals surface area contributed by atoms with Crippen LogP contribution in [-0.2, 0) is 6.54 Å². The second kappa shape index (κ2) is 6.98. The summed E-state index contributed by atoms with van der Waals surface area (Å²) in [6.07, 6.45) is 10.4. The van der Waals surface area contributed by atoms with Crippen LogP contribution in [0.15, 0.2) is 48.1 Å². The van der Waals surface area contributed by atoms with Gasteiger partial charge in [-0.25, -0.2) is 4.39 Å². The topological polar surface area (TPSA) is 30.0 Å². The zero-order valence-electron chi connectivity index (χ0n) is 14.6. The fourth-order valence-electron chi connectivity index (χ4n) is 4.11. The smallest absolute Gasteiger partial charge is 0.156 e. The highest BCUT2D eigenvalue weighted by Gasteiger charge is 2.30. The second-order valence-corrected chi connectivity index (χ2v) is 7.34. The van der Waals surface area contributed by atoms with Gasteiger partial charge in [-0.3, -0.25) is 0 Å². The largest absolute Gasteiger partial charge is 0.504 e. The molecule has 0 amide bonds. The lowest BCUT2D eigenvalue weighted by molar-refractivity contribution is 0.0953. The van der Waals surface area contributed by atoms with Gasteiger partial charge in [0.1, 0.15) is 5.82 Å². The van der Waals surface area contributed by atoms with Gasteiger partial charge >= 0.3 is 0 Å². The predicted molar refractivity (Wildman–Crippen MR) is 95.9 cm³/mol. The summed E-state index contributed by atoms with van der Waals surface area (Å²) in [6.45, 7) is 3.41. The molecule has 4 rings (SSSR count). The molecule has 2 aliphatic heterocycles. The maximum atomic E-state index is 13.1. The Kier molecular flexibility index (Phi) is 4.55. The molecule has 1 N–H and O–H groups in total. The summed E-state index contributed by atoms with van der Waals surface area (Å²) in [7, 11) is 0. The molecule has 0 saturated heterocycles. The minimum absolute atomic E-state index is 0.206. The van der Waals surface area contributed by atoms with Crippen molar-refractivity contribution in [3.8, 4) is 0 Å². The van der Waals surface area contributed by atoms with E-state index in [4.69, 9.17) is 0 Å². The van der Waals surface area contributed by atoms with Gasteiger partial charge in [0.25, 0.3) is 0 Å². The molecule has 5 heteroatoms. The molecule has 0 spiro atoms. The summed E-state index contributed by atoms with van der Waals surface area (Å²) in [5, 5.41) is 10.6. The number of benzene rings is 1. The van der Waals surface area contributed by atoms with Crippen LogP contribution < -0.4 is 0 Å². The van der Waals surface area contributed by atoms with E-state index in [2.05, 4.69) is 14.7 Å². The lowest BCUT2D eigenvalue weighted by atomic mass is 9.94. The molecule has 25 heavy (non-hydrogen) atoms. The number of rotatable bonds is 3. The minimum atomic E-state index is -0.206. The molecule has 1 saturated carbocycles. The fourth-order valence-corrected chi connectivity index (χ4v) is 4.11. The number of nitrogens with zero attached hydrogens (tertiary/aromatic N) is 3. The first-order valence-corrected chi connectivity index (χ1v) is 9.31. The third-order valence-electron chi connectivity index (χ3n) is 5.53. The van der Waals surface area contributed by atoms with Crippen LogP contribution in [0.25, 0.3) is 0 Å². The molecule has 0 atom stereocenters. The second-order valence-electron chi connectivity index (χ2n) is 7.34. The van der Waals surface area contributed by atoms with E-state index in [1.165, 1.54) is 44.2 Å². The van der Waals surface area contributed by atoms with Gasteiger partial charge in [-0.15, -0.1) is 0 Å². The van der Waals surface area contributed by atoms with Crippen LogP contribution >= 0.6 is 0 Å². The summed E-state index contributed by atoms with van der Waals surface area (Å²) >= 11 is 0. The van der Waals surface area contributed by atoms with Crippen molar-refractivity contribution in [1.82, 2.24) is 14.7 Å².